The first-order valence-electron chi connectivity index (χ1n) is 14.6. The molecule has 0 bridgehead atoms. The van der Waals surface area contributed by atoms with E-state index in [0.29, 0.717) is 6.42 Å². The number of aliphatic imine (C=N–C) groups is 1. The Morgan fingerprint density at radius 2 is 1.48 bits per heavy atom. The summed E-state index contributed by atoms with van der Waals surface area (Å²) in [5.74, 6) is -4.81. The van der Waals surface area contributed by atoms with Gasteiger partial charge in [-0.25, -0.2) is 4.99 Å². The molecule has 19 heteroatoms. The molecule has 0 aliphatic carbocycles. The molecule has 270 valence electrons. The molecule has 2 aliphatic heterocycles. The fourth-order valence-electron chi connectivity index (χ4n) is 4.41. The number of amides is 1. The molecule has 0 aromatic heterocycles. The van der Waals surface area contributed by atoms with E-state index < -0.39 is 30.9 Å². The first kappa shape index (κ1) is 41.9. The van der Waals surface area contributed by atoms with E-state index >= 15 is 0 Å². The van der Waals surface area contributed by atoms with Crippen LogP contribution < -0.4 is 30.5 Å². The van der Waals surface area contributed by atoms with Crippen LogP contribution in [0.25, 0.3) is 5.70 Å². The van der Waals surface area contributed by atoms with Crippen LogP contribution in [0.5, 0.6) is 5.75 Å². The Labute approximate surface area is 270 Å². The summed E-state index contributed by atoms with van der Waals surface area (Å²) < 4.78 is 92.3. The minimum absolute atomic E-state index is 0.0284. The second-order valence-corrected chi connectivity index (χ2v) is 10.8. The van der Waals surface area contributed by atoms with Crippen LogP contribution in [0.3, 0.4) is 0 Å². The molecular weight excluding hydrogens is 668 g/mol. The summed E-state index contributed by atoms with van der Waals surface area (Å²) in [5, 5.41) is 22.7. The lowest BCUT2D eigenvalue weighted by molar-refractivity contribution is -0.885. The van der Waals surface area contributed by atoms with Gasteiger partial charge in [-0.3, -0.25) is 10.1 Å². The first-order valence-corrected chi connectivity index (χ1v) is 14.6. The number of ether oxygens (including phenoxy) is 1. The zero-order chi connectivity index (χ0) is 36.7. The van der Waals surface area contributed by atoms with Crippen molar-refractivity contribution in [2.75, 3.05) is 20.1 Å². The molecule has 0 unspecified atom stereocenters. The predicted octanol–water partition coefficient (Wildman–Crippen LogP) is 0.108. The number of quaternary nitrogens is 2. The zero-order valence-corrected chi connectivity index (χ0v) is 25.9. The minimum Gasteiger partial charge on any atom is -0.542 e. The molecule has 2 heterocycles. The number of carbonyl (C=O) groups is 4. The average Bonchev–Trinajstić information content (AvgIpc) is 3.46. The van der Waals surface area contributed by atoms with Gasteiger partial charge >= 0.3 is 19.0 Å². The number of carbonyl (C=O) groups excluding carboxylic acids is 4. The number of Topliss-reactive ketones (excluding diaryl/α,β-unsaturated/α-hetero) is 1. The minimum atomic E-state index is -5.19. The van der Waals surface area contributed by atoms with E-state index in [4.69, 9.17) is 19.8 Å². The number of unbranched alkanes of at least 4 members (excludes halogenated alkanes) is 2. The van der Waals surface area contributed by atoms with Crippen LogP contribution >= 0.6 is 0 Å². The molecule has 3 rings (SSSR count). The highest BCUT2D eigenvalue weighted by molar-refractivity contribution is 5.90. The van der Waals surface area contributed by atoms with Gasteiger partial charge in [0.1, 0.15) is 29.5 Å². The number of amidine groups is 1. The number of nitrogens with one attached hydrogen (secondary N) is 2. The fraction of sp³-hybridized carbons (Fsp3) is 0.552. The number of ketones is 1. The lowest BCUT2D eigenvalue weighted by Gasteiger charge is -2.27. The number of hydrogen-bond acceptors (Lipinski definition) is 8. The van der Waals surface area contributed by atoms with Gasteiger partial charge in [0.25, 0.3) is 0 Å². The van der Waals surface area contributed by atoms with Gasteiger partial charge in [0, 0.05) is 30.7 Å². The number of rotatable bonds is 12. The molecule has 1 saturated heterocycles. The van der Waals surface area contributed by atoms with Crippen LogP contribution in [0.2, 0.25) is 0 Å². The Morgan fingerprint density at radius 1 is 0.958 bits per heavy atom. The zero-order valence-electron chi connectivity index (χ0n) is 25.9. The maximum Gasteiger partial charge on any atom is 0.430 e. The van der Waals surface area contributed by atoms with Crippen LogP contribution in [-0.2, 0) is 19.2 Å². The molecule has 4 N–H and O–H groups in total. The lowest BCUT2D eigenvalue weighted by Crippen LogP contribution is -3.10. The molecular formula is C29H36F8N4O7. The van der Waals surface area contributed by atoms with E-state index in [0.717, 1.165) is 68.7 Å². The van der Waals surface area contributed by atoms with Crippen LogP contribution in [0.4, 0.5) is 35.1 Å². The van der Waals surface area contributed by atoms with Gasteiger partial charge in [0.2, 0.25) is 11.7 Å². The number of nitrogens with zero attached hydrogens (tertiary/aromatic N) is 1. The number of piperidine rings is 1. The van der Waals surface area contributed by atoms with E-state index in [2.05, 4.69) is 22.1 Å². The van der Waals surface area contributed by atoms with Crippen molar-refractivity contribution in [1.82, 2.24) is 5.32 Å². The first-order chi connectivity index (χ1) is 22.2. The van der Waals surface area contributed by atoms with Crippen molar-refractivity contribution in [3.8, 4) is 5.75 Å². The number of halogens is 8. The van der Waals surface area contributed by atoms with Gasteiger partial charge in [0.15, 0.2) is 5.70 Å². The van der Waals surface area contributed by atoms with Crippen molar-refractivity contribution < 1.29 is 79.5 Å². The SMILES string of the molecule is CC(=O)CCCCC[C@H](NC(=O)C1CC[NH+](C)CC1)C1=NC=C(c2ccc(OC(F)F)cc2)[NH2+]1.O=C([O-])C(F)(F)F.O=C([O-])C(F)(F)F. The summed E-state index contributed by atoms with van der Waals surface area (Å²) in [6.45, 7) is 0.743. The number of hydrogen-bond donors (Lipinski definition) is 3. The van der Waals surface area contributed by atoms with Crippen molar-refractivity contribution in [1.29, 1.82) is 0 Å². The predicted molar refractivity (Wildman–Crippen MR) is 148 cm³/mol. The maximum atomic E-state index is 13.0. The third-order valence-electron chi connectivity index (χ3n) is 6.94. The van der Waals surface area contributed by atoms with Gasteiger partial charge in [-0.05, 0) is 44.0 Å². The Kier molecular flexibility index (Phi) is 17.1. The summed E-state index contributed by atoms with van der Waals surface area (Å²) in [6, 6.07) is 6.24. The molecule has 0 spiro atoms. The van der Waals surface area contributed by atoms with Crippen molar-refractivity contribution in [2.24, 2.45) is 10.9 Å². The van der Waals surface area contributed by atoms with Gasteiger partial charge in [0.05, 0.1) is 26.3 Å². The number of aliphatic carboxylic acids is 2. The topological polar surface area (TPSA) is 169 Å². The summed E-state index contributed by atoms with van der Waals surface area (Å²) in [7, 11) is 2.15. The molecule has 0 saturated carbocycles. The average molecular weight is 705 g/mol. The monoisotopic (exact) mass is 704 g/mol. The van der Waals surface area contributed by atoms with E-state index in [1.54, 1.807) is 25.3 Å². The van der Waals surface area contributed by atoms with Crippen LogP contribution in [0.1, 0.15) is 57.4 Å². The molecule has 1 amide bonds. The number of alkyl halides is 8. The van der Waals surface area contributed by atoms with Gasteiger partial charge < -0.3 is 39.6 Å². The highest BCUT2D eigenvalue weighted by atomic mass is 19.4. The van der Waals surface area contributed by atoms with E-state index in [9.17, 15) is 44.7 Å². The van der Waals surface area contributed by atoms with E-state index in [1.165, 1.54) is 17.0 Å². The largest absolute Gasteiger partial charge is 0.542 e. The molecule has 48 heavy (non-hydrogen) atoms. The normalized spacial score (nSPS) is 18.2. The van der Waals surface area contributed by atoms with Crippen LogP contribution in [0, 0.1) is 5.92 Å². The number of nitrogens with two attached hydrogens (primary N) is 1. The van der Waals surface area contributed by atoms with Crippen LogP contribution in [-0.4, -0.2) is 74.6 Å². The van der Waals surface area contributed by atoms with Crippen molar-refractivity contribution in [3.05, 3.63) is 36.0 Å². The van der Waals surface area contributed by atoms with E-state index in [1.807, 2.05) is 5.32 Å². The molecule has 11 nitrogen and oxygen atoms in total. The molecule has 2 aliphatic rings. The van der Waals surface area contributed by atoms with Gasteiger partial charge in [-0.15, -0.1) is 0 Å². The quantitative estimate of drug-likeness (QED) is 0.205. The molecule has 1 aromatic carbocycles. The van der Waals surface area contributed by atoms with Crippen molar-refractivity contribution in [3.63, 3.8) is 0 Å². The maximum absolute atomic E-state index is 13.0. The Bertz CT molecular complexity index is 1250. The molecule has 1 aromatic rings. The number of carboxylic acid groups (broad SMARTS) is 2. The van der Waals surface area contributed by atoms with Crippen molar-refractivity contribution in [2.45, 2.75) is 76.9 Å². The lowest BCUT2D eigenvalue weighted by atomic mass is 9.95. The number of carboxylic acids is 2. The summed E-state index contributed by atoms with van der Waals surface area (Å²) >= 11 is 0. The second-order valence-electron chi connectivity index (χ2n) is 10.8. The third-order valence-corrected chi connectivity index (χ3v) is 6.94. The van der Waals surface area contributed by atoms with Crippen LogP contribution in [0.15, 0.2) is 35.5 Å². The highest BCUT2D eigenvalue weighted by Crippen LogP contribution is 2.19. The molecule has 1 atom stereocenters. The van der Waals surface area contributed by atoms with E-state index in [-0.39, 0.29) is 29.4 Å². The Morgan fingerprint density at radius 3 is 1.94 bits per heavy atom. The summed E-state index contributed by atoms with van der Waals surface area (Å²) in [4.78, 5) is 47.8. The van der Waals surface area contributed by atoms with Gasteiger partial charge in [-0.1, -0.05) is 12.8 Å². The standard InChI is InChI=1S/C25H34F2N4O3.2C2HF3O2/c1-17(32)6-4-3-5-7-21(30-24(33)19-12-14-31(2)15-13-19)23-28-16-22(29-23)18-8-10-20(11-9-18)34-25(26)27;2*3-2(4,5)1(6)7/h8-11,16,19,21,25H,3-7,12-15H2,1-2H3,(H,28,29)(H,30,33);2*(H,6,7)/t21-;;/m0../s1. The second kappa shape index (κ2) is 19.6. The highest BCUT2D eigenvalue weighted by Gasteiger charge is 2.32. The number of benzene rings is 1. The Hall–Kier alpha value is -4.13. The summed E-state index contributed by atoms with van der Waals surface area (Å²) in [5.41, 5.74) is 1.70. The summed E-state index contributed by atoms with van der Waals surface area (Å²) in [6.07, 6.45) is -2.89. The fourth-order valence-corrected chi connectivity index (χ4v) is 4.41. The third kappa shape index (κ3) is 16.6. The van der Waals surface area contributed by atoms with Crippen molar-refractivity contribution >= 4 is 35.2 Å². The number of likely N-dealkylation sites (tertiary alicyclic amines) is 1. The molecule has 1 fully saturated rings. The Balaban J connectivity index is 0.000000687. The van der Waals surface area contributed by atoms with Gasteiger partial charge in [-0.2, -0.15) is 35.1 Å². The smallest absolute Gasteiger partial charge is 0.430 e. The molecule has 0 radical (unpaired) electrons.